The van der Waals surface area contributed by atoms with Crippen molar-refractivity contribution in [2.24, 2.45) is 0 Å². The third kappa shape index (κ3) is 4.28. The Morgan fingerprint density at radius 1 is 1.17 bits per heavy atom. The van der Waals surface area contributed by atoms with Crippen LogP contribution in [0.25, 0.3) is 11.0 Å². The molecule has 2 amide bonds. The summed E-state index contributed by atoms with van der Waals surface area (Å²) >= 11 is 7.36. The number of anilines is 2. The lowest BCUT2D eigenvalue weighted by molar-refractivity contribution is -0.117. The number of amides is 2. The molecule has 29 heavy (non-hydrogen) atoms. The van der Waals surface area contributed by atoms with Crippen LogP contribution in [0.15, 0.2) is 53.4 Å². The average molecular weight is 426 g/mol. The molecule has 4 rings (SSSR count). The van der Waals surface area contributed by atoms with Gasteiger partial charge in [-0.2, -0.15) is 0 Å². The second-order valence-electron chi connectivity index (χ2n) is 6.41. The number of hydrogen-bond acceptors (Lipinski definition) is 5. The Bertz CT molecular complexity index is 1190. The first-order valence-electron chi connectivity index (χ1n) is 8.75. The molecule has 0 spiro atoms. The SMILES string of the molecule is C[C@@H](C(=O)Nc1nc2ccc(NC(=O)c3cscn3)cc2[nH]1)c1cccc(Cl)c1. The monoisotopic (exact) mass is 425 g/mol. The second-order valence-corrected chi connectivity index (χ2v) is 7.57. The molecule has 7 nitrogen and oxygen atoms in total. The van der Waals surface area contributed by atoms with Crippen molar-refractivity contribution in [3.63, 3.8) is 0 Å². The Hall–Kier alpha value is -3.23. The second kappa shape index (κ2) is 8.02. The van der Waals surface area contributed by atoms with Crippen molar-refractivity contribution in [2.75, 3.05) is 10.6 Å². The van der Waals surface area contributed by atoms with E-state index in [1.165, 1.54) is 11.3 Å². The summed E-state index contributed by atoms with van der Waals surface area (Å²) in [6.07, 6.45) is 0. The predicted molar refractivity (Wildman–Crippen MR) is 115 cm³/mol. The first-order valence-corrected chi connectivity index (χ1v) is 10.1. The molecule has 3 N–H and O–H groups in total. The fraction of sp³-hybridized carbons (Fsp3) is 0.100. The summed E-state index contributed by atoms with van der Waals surface area (Å²) in [4.78, 5) is 36.1. The Balaban J connectivity index is 1.48. The molecular weight excluding hydrogens is 410 g/mol. The van der Waals surface area contributed by atoms with Gasteiger partial charge in [-0.15, -0.1) is 11.3 Å². The van der Waals surface area contributed by atoms with E-state index in [1.54, 1.807) is 48.1 Å². The fourth-order valence-corrected chi connectivity index (χ4v) is 3.55. The van der Waals surface area contributed by atoms with E-state index in [1.807, 2.05) is 12.1 Å². The van der Waals surface area contributed by atoms with Gasteiger partial charge in [0.25, 0.3) is 5.91 Å². The summed E-state index contributed by atoms with van der Waals surface area (Å²) in [6, 6.07) is 12.5. The predicted octanol–water partition coefficient (Wildman–Crippen LogP) is 4.67. The number of carbonyl (C=O) groups is 2. The van der Waals surface area contributed by atoms with Gasteiger partial charge in [-0.05, 0) is 42.8 Å². The van der Waals surface area contributed by atoms with Gasteiger partial charge in [0.2, 0.25) is 11.9 Å². The number of rotatable bonds is 5. The van der Waals surface area contributed by atoms with Gasteiger partial charge < -0.3 is 10.3 Å². The average Bonchev–Trinajstić information content (AvgIpc) is 3.36. The van der Waals surface area contributed by atoms with Crippen molar-refractivity contribution in [1.82, 2.24) is 15.0 Å². The van der Waals surface area contributed by atoms with E-state index in [0.29, 0.717) is 33.4 Å². The van der Waals surface area contributed by atoms with E-state index in [2.05, 4.69) is 25.6 Å². The lowest BCUT2D eigenvalue weighted by Crippen LogP contribution is -2.19. The number of imidazole rings is 1. The Labute approximate surface area is 175 Å². The molecule has 0 aliphatic rings. The molecule has 2 aromatic heterocycles. The largest absolute Gasteiger partial charge is 0.324 e. The van der Waals surface area contributed by atoms with E-state index in [9.17, 15) is 9.59 Å². The van der Waals surface area contributed by atoms with Crippen LogP contribution in [0.2, 0.25) is 5.02 Å². The van der Waals surface area contributed by atoms with Crippen LogP contribution >= 0.6 is 22.9 Å². The lowest BCUT2D eigenvalue weighted by Gasteiger charge is -2.11. The molecule has 0 saturated heterocycles. The van der Waals surface area contributed by atoms with E-state index >= 15 is 0 Å². The molecule has 0 radical (unpaired) electrons. The van der Waals surface area contributed by atoms with Gasteiger partial charge in [0.1, 0.15) is 5.69 Å². The summed E-state index contributed by atoms with van der Waals surface area (Å²) in [5.41, 5.74) is 4.74. The molecule has 4 aromatic rings. The van der Waals surface area contributed by atoms with Crippen molar-refractivity contribution >= 4 is 57.4 Å². The Morgan fingerprint density at radius 2 is 2.03 bits per heavy atom. The van der Waals surface area contributed by atoms with Crippen molar-refractivity contribution in [3.8, 4) is 0 Å². The first kappa shape index (κ1) is 19.1. The fourth-order valence-electron chi connectivity index (χ4n) is 2.82. The van der Waals surface area contributed by atoms with Gasteiger partial charge in [0.15, 0.2) is 0 Å². The minimum absolute atomic E-state index is 0.205. The molecule has 146 valence electrons. The van der Waals surface area contributed by atoms with Crippen molar-refractivity contribution in [1.29, 1.82) is 0 Å². The van der Waals surface area contributed by atoms with Crippen molar-refractivity contribution in [2.45, 2.75) is 12.8 Å². The smallest absolute Gasteiger partial charge is 0.275 e. The van der Waals surface area contributed by atoms with Crippen LogP contribution in [-0.2, 0) is 4.79 Å². The van der Waals surface area contributed by atoms with E-state index in [-0.39, 0.29) is 11.8 Å². The molecular formula is C20H16ClN5O2S. The number of aromatic amines is 1. The van der Waals surface area contributed by atoms with Crippen LogP contribution in [-0.4, -0.2) is 26.8 Å². The Morgan fingerprint density at radius 3 is 2.79 bits per heavy atom. The standard InChI is InChI=1S/C20H16ClN5O2S/c1-11(12-3-2-4-13(21)7-12)18(27)26-20-24-15-6-5-14(8-16(15)25-20)23-19(28)17-9-29-10-22-17/h2-11H,1H3,(H,23,28)(H2,24,25,26,27)/t11-/m1/s1. The van der Waals surface area contributed by atoms with Gasteiger partial charge in [0.05, 0.1) is 22.5 Å². The zero-order valence-corrected chi connectivity index (χ0v) is 16.8. The maximum Gasteiger partial charge on any atom is 0.275 e. The number of fused-ring (bicyclic) bond motifs is 1. The molecule has 2 aromatic carbocycles. The number of halogens is 1. The molecule has 9 heteroatoms. The first-order chi connectivity index (χ1) is 14.0. The third-order valence-electron chi connectivity index (χ3n) is 4.39. The normalized spacial score (nSPS) is 11.9. The molecule has 0 bridgehead atoms. The van der Waals surface area contributed by atoms with Gasteiger partial charge in [-0.25, -0.2) is 9.97 Å². The minimum atomic E-state index is -0.394. The molecule has 0 saturated carbocycles. The van der Waals surface area contributed by atoms with Crippen LogP contribution in [0.5, 0.6) is 0 Å². The highest BCUT2D eigenvalue weighted by atomic mass is 35.5. The topological polar surface area (TPSA) is 99.8 Å². The van der Waals surface area contributed by atoms with Crippen LogP contribution in [0.3, 0.4) is 0 Å². The molecule has 1 atom stereocenters. The minimum Gasteiger partial charge on any atom is -0.324 e. The van der Waals surface area contributed by atoms with Crippen molar-refractivity contribution < 1.29 is 9.59 Å². The molecule has 0 unspecified atom stereocenters. The number of nitrogens with zero attached hydrogens (tertiary/aromatic N) is 2. The summed E-state index contributed by atoms with van der Waals surface area (Å²) < 4.78 is 0. The number of H-pyrrole nitrogens is 1. The van der Waals surface area contributed by atoms with Crippen LogP contribution < -0.4 is 10.6 Å². The lowest BCUT2D eigenvalue weighted by atomic mass is 10.0. The highest BCUT2D eigenvalue weighted by Crippen LogP contribution is 2.23. The Kier molecular flexibility index (Phi) is 5.28. The number of thiazole rings is 1. The van der Waals surface area contributed by atoms with Gasteiger partial charge in [-0.3, -0.25) is 14.9 Å². The number of nitrogens with one attached hydrogen (secondary N) is 3. The molecule has 2 heterocycles. The summed E-state index contributed by atoms with van der Waals surface area (Å²) in [5.74, 6) is -0.547. The van der Waals surface area contributed by atoms with E-state index < -0.39 is 5.92 Å². The van der Waals surface area contributed by atoms with E-state index in [4.69, 9.17) is 11.6 Å². The summed E-state index contributed by atoms with van der Waals surface area (Å²) in [5, 5.41) is 7.84. The summed E-state index contributed by atoms with van der Waals surface area (Å²) in [7, 11) is 0. The van der Waals surface area contributed by atoms with Crippen LogP contribution in [0, 0.1) is 0 Å². The highest BCUT2D eigenvalue weighted by molar-refractivity contribution is 7.07. The third-order valence-corrected chi connectivity index (χ3v) is 5.21. The number of aromatic nitrogens is 3. The number of hydrogen-bond donors (Lipinski definition) is 3. The van der Waals surface area contributed by atoms with Gasteiger partial charge >= 0.3 is 0 Å². The number of benzene rings is 2. The quantitative estimate of drug-likeness (QED) is 0.432. The zero-order chi connectivity index (χ0) is 20.4. The number of carbonyl (C=O) groups excluding carboxylic acids is 2. The highest BCUT2D eigenvalue weighted by Gasteiger charge is 2.17. The molecule has 0 fully saturated rings. The zero-order valence-electron chi connectivity index (χ0n) is 15.3. The van der Waals surface area contributed by atoms with Crippen LogP contribution in [0.1, 0.15) is 28.9 Å². The van der Waals surface area contributed by atoms with E-state index in [0.717, 1.165) is 5.56 Å². The maximum absolute atomic E-state index is 12.6. The molecule has 0 aliphatic carbocycles. The summed E-state index contributed by atoms with van der Waals surface area (Å²) in [6.45, 7) is 1.80. The maximum atomic E-state index is 12.6. The molecule has 0 aliphatic heterocycles. The van der Waals surface area contributed by atoms with Gasteiger partial charge in [-0.1, -0.05) is 23.7 Å². The van der Waals surface area contributed by atoms with Gasteiger partial charge in [0, 0.05) is 16.1 Å². The van der Waals surface area contributed by atoms with Crippen molar-refractivity contribution in [3.05, 3.63) is 69.6 Å². The van der Waals surface area contributed by atoms with Crippen LogP contribution in [0.4, 0.5) is 11.6 Å².